The van der Waals surface area contributed by atoms with Gasteiger partial charge in [-0.05, 0) is 116 Å². The van der Waals surface area contributed by atoms with E-state index in [0.717, 1.165) is 6.42 Å². The zero-order valence-electron chi connectivity index (χ0n) is 21.0. The molecule has 0 spiro atoms. The number of hydrogen-bond acceptors (Lipinski definition) is 0. The van der Waals surface area contributed by atoms with Crippen molar-refractivity contribution in [2.45, 2.75) is 79.6 Å². The van der Waals surface area contributed by atoms with E-state index in [1.807, 2.05) is 0 Å². The first-order valence-corrected chi connectivity index (χ1v) is 12.4. The van der Waals surface area contributed by atoms with E-state index < -0.39 is 0 Å². The molecule has 1 heterocycles. The molecule has 5 rings (SSSR count). The molecule has 0 aliphatic heterocycles. The Labute approximate surface area is 194 Å². The number of hydrogen-bond donors (Lipinski definition) is 0. The van der Waals surface area contributed by atoms with Crippen LogP contribution in [0.4, 0.5) is 0 Å². The largest absolute Gasteiger partial charge is 0.213 e. The van der Waals surface area contributed by atoms with E-state index in [4.69, 9.17) is 0 Å². The number of pyridine rings is 1. The molecule has 0 atom stereocenters. The summed E-state index contributed by atoms with van der Waals surface area (Å²) in [5.74, 6) is 0.696. The Kier molecular flexibility index (Phi) is 5.08. The molecule has 1 aromatic heterocycles. The molecule has 1 heteroatoms. The number of fused-ring (bicyclic) bond motifs is 3. The Balaban J connectivity index is 1.67. The maximum atomic E-state index is 2.55. The second kappa shape index (κ2) is 7.58. The monoisotopic (exact) mass is 424 g/mol. The maximum absolute atomic E-state index is 2.55. The molecule has 1 fully saturated rings. The summed E-state index contributed by atoms with van der Waals surface area (Å²) in [7, 11) is 2.23. The third-order valence-electron chi connectivity index (χ3n) is 8.35. The van der Waals surface area contributed by atoms with Crippen LogP contribution in [0.15, 0.2) is 36.5 Å². The Morgan fingerprint density at radius 1 is 0.812 bits per heavy atom. The second-order valence-electron chi connectivity index (χ2n) is 11.4. The Hall–Kier alpha value is -2.41. The van der Waals surface area contributed by atoms with Gasteiger partial charge in [-0.25, -0.2) is 4.57 Å². The predicted molar refractivity (Wildman–Crippen MR) is 135 cm³/mol. The quantitative estimate of drug-likeness (QED) is 0.291. The number of aromatic nitrogens is 1. The number of nitrogens with zero attached hydrogens (tertiary/aromatic N) is 1. The summed E-state index contributed by atoms with van der Waals surface area (Å²) >= 11 is 0. The van der Waals surface area contributed by atoms with Crippen LogP contribution in [0, 0.1) is 33.1 Å². The first-order chi connectivity index (χ1) is 15.2. The molecule has 0 amide bonds. The lowest BCUT2D eigenvalue weighted by Crippen LogP contribution is -2.33. The summed E-state index contributed by atoms with van der Waals surface area (Å²) in [5, 5.41) is 0. The van der Waals surface area contributed by atoms with Crippen molar-refractivity contribution in [3.8, 4) is 22.4 Å². The van der Waals surface area contributed by atoms with Gasteiger partial charge in [0.25, 0.3) is 0 Å². The van der Waals surface area contributed by atoms with E-state index in [0.29, 0.717) is 11.3 Å². The summed E-state index contributed by atoms with van der Waals surface area (Å²) in [6.07, 6.45) is 8.73. The summed E-state index contributed by atoms with van der Waals surface area (Å²) in [4.78, 5) is 0. The van der Waals surface area contributed by atoms with Crippen molar-refractivity contribution in [1.82, 2.24) is 0 Å². The molecule has 0 saturated heterocycles. The van der Waals surface area contributed by atoms with Crippen molar-refractivity contribution in [1.29, 1.82) is 0 Å². The van der Waals surface area contributed by atoms with Crippen LogP contribution in [-0.4, -0.2) is 0 Å². The van der Waals surface area contributed by atoms with Gasteiger partial charge in [0.2, 0.25) is 5.69 Å². The van der Waals surface area contributed by atoms with Gasteiger partial charge < -0.3 is 0 Å². The Morgan fingerprint density at radius 2 is 1.50 bits per heavy atom. The minimum Gasteiger partial charge on any atom is -0.201 e. The molecule has 2 aromatic carbocycles. The lowest BCUT2D eigenvalue weighted by Gasteiger charge is -2.35. The third kappa shape index (κ3) is 3.41. The summed E-state index contributed by atoms with van der Waals surface area (Å²) in [5.41, 5.74) is 16.6. The number of aryl methyl sites for hydroxylation is 5. The fourth-order valence-electron chi connectivity index (χ4n) is 6.57. The van der Waals surface area contributed by atoms with E-state index in [1.54, 1.807) is 5.56 Å². The van der Waals surface area contributed by atoms with Crippen molar-refractivity contribution in [2.24, 2.45) is 12.5 Å². The molecular weight excluding hydrogens is 386 g/mol. The van der Waals surface area contributed by atoms with Crippen molar-refractivity contribution in [3.63, 3.8) is 0 Å². The van der Waals surface area contributed by atoms with E-state index in [9.17, 15) is 0 Å². The van der Waals surface area contributed by atoms with Crippen LogP contribution in [0.25, 0.3) is 22.4 Å². The first-order valence-electron chi connectivity index (χ1n) is 12.4. The van der Waals surface area contributed by atoms with Gasteiger partial charge in [0.05, 0.1) is 5.56 Å². The van der Waals surface area contributed by atoms with Crippen LogP contribution in [0.2, 0.25) is 0 Å². The molecule has 166 valence electrons. The molecule has 32 heavy (non-hydrogen) atoms. The molecule has 0 radical (unpaired) electrons. The predicted octanol–water partition coefficient (Wildman–Crippen LogP) is 7.67. The fourth-order valence-corrected chi connectivity index (χ4v) is 6.57. The Bertz CT molecular complexity index is 1220. The molecule has 0 bridgehead atoms. The molecule has 1 saturated carbocycles. The molecule has 2 aliphatic rings. The van der Waals surface area contributed by atoms with Crippen LogP contribution >= 0.6 is 0 Å². The van der Waals surface area contributed by atoms with Crippen molar-refractivity contribution in [3.05, 3.63) is 75.5 Å². The highest BCUT2D eigenvalue weighted by molar-refractivity contribution is 5.88. The average molecular weight is 425 g/mol. The van der Waals surface area contributed by atoms with Gasteiger partial charge >= 0.3 is 0 Å². The highest BCUT2D eigenvalue weighted by atomic mass is 14.9. The molecule has 0 unspecified atom stereocenters. The average Bonchev–Trinajstić information content (AvgIpc) is 3.11. The van der Waals surface area contributed by atoms with Gasteiger partial charge in [0, 0.05) is 11.6 Å². The van der Waals surface area contributed by atoms with E-state index in [2.05, 4.69) is 89.7 Å². The van der Waals surface area contributed by atoms with Crippen molar-refractivity contribution in [2.75, 3.05) is 0 Å². The second-order valence-corrected chi connectivity index (χ2v) is 11.4. The molecule has 2 aliphatic carbocycles. The van der Waals surface area contributed by atoms with Crippen molar-refractivity contribution >= 4 is 0 Å². The maximum Gasteiger partial charge on any atom is 0.213 e. The standard InChI is InChI=1S/C31H38N/c1-19-9-8-10-24-16-26-29(20(2)15-21(3)30(26)28(19)24)27-17-25(22(4)18-32(27)7)23-11-13-31(5,6)14-12-23/h8-10,15,17-18,23H,11-14,16H2,1-7H3/q+1. The van der Waals surface area contributed by atoms with E-state index in [-0.39, 0.29) is 0 Å². The van der Waals surface area contributed by atoms with E-state index >= 15 is 0 Å². The number of benzene rings is 2. The minimum atomic E-state index is 0.505. The van der Waals surface area contributed by atoms with Crippen LogP contribution < -0.4 is 4.57 Å². The van der Waals surface area contributed by atoms with Gasteiger partial charge in [-0.3, -0.25) is 0 Å². The van der Waals surface area contributed by atoms with Crippen LogP contribution in [-0.2, 0) is 13.5 Å². The van der Waals surface area contributed by atoms with Crippen molar-refractivity contribution < 1.29 is 4.57 Å². The van der Waals surface area contributed by atoms with E-state index in [1.165, 1.54) is 81.4 Å². The topological polar surface area (TPSA) is 3.88 Å². The SMILES string of the molecule is Cc1c[n+](C)c(-c2c(C)cc(C)c3c2Cc2cccc(C)c2-3)cc1C1CCC(C)(C)CC1. The number of rotatable bonds is 2. The summed E-state index contributed by atoms with van der Waals surface area (Å²) < 4.78 is 2.37. The highest BCUT2D eigenvalue weighted by Gasteiger charge is 2.32. The highest BCUT2D eigenvalue weighted by Crippen LogP contribution is 2.47. The molecule has 0 N–H and O–H groups in total. The molecule has 1 nitrogen and oxygen atoms in total. The lowest BCUT2D eigenvalue weighted by atomic mass is 9.70. The van der Waals surface area contributed by atoms with Crippen LogP contribution in [0.1, 0.15) is 84.4 Å². The smallest absolute Gasteiger partial charge is 0.201 e. The van der Waals surface area contributed by atoms with Gasteiger partial charge in [-0.2, -0.15) is 0 Å². The van der Waals surface area contributed by atoms with Gasteiger partial charge in [-0.1, -0.05) is 38.1 Å². The zero-order chi connectivity index (χ0) is 22.8. The summed E-state index contributed by atoms with van der Waals surface area (Å²) in [6, 6.07) is 11.8. The fraction of sp³-hybridized carbons (Fsp3) is 0.452. The van der Waals surface area contributed by atoms with Gasteiger partial charge in [0.1, 0.15) is 7.05 Å². The first kappa shape index (κ1) is 21.4. The zero-order valence-corrected chi connectivity index (χ0v) is 21.0. The van der Waals surface area contributed by atoms with Crippen LogP contribution in [0.3, 0.4) is 0 Å². The molecule has 3 aromatic rings. The van der Waals surface area contributed by atoms with Crippen LogP contribution in [0.5, 0.6) is 0 Å². The normalized spacial score (nSPS) is 17.3. The third-order valence-corrected chi connectivity index (χ3v) is 8.35. The molecular formula is C31H38N+. The lowest BCUT2D eigenvalue weighted by molar-refractivity contribution is -0.660. The minimum absolute atomic E-state index is 0.505. The van der Waals surface area contributed by atoms with Gasteiger partial charge in [0.15, 0.2) is 6.20 Å². The Morgan fingerprint density at radius 3 is 2.22 bits per heavy atom. The summed E-state index contributed by atoms with van der Waals surface area (Å²) in [6.45, 7) is 14.0. The van der Waals surface area contributed by atoms with Gasteiger partial charge in [-0.15, -0.1) is 0 Å².